The first-order chi connectivity index (χ1) is 8.86. The van der Waals surface area contributed by atoms with Crippen molar-refractivity contribution >= 4 is 31.5 Å². The summed E-state index contributed by atoms with van der Waals surface area (Å²) in [6.45, 7) is 0. The number of benzene rings is 1. The van der Waals surface area contributed by atoms with Gasteiger partial charge in [0, 0.05) is 29.6 Å². The molecule has 1 fully saturated rings. The van der Waals surface area contributed by atoms with Gasteiger partial charge in [-0.3, -0.25) is 14.9 Å². The Kier molecular flexibility index (Phi) is 3.77. The molecule has 19 heavy (non-hydrogen) atoms. The summed E-state index contributed by atoms with van der Waals surface area (Å²) in [6.07, 6.45) is -0.377. The molecule has 6 nitrogen and oxygen atoms in total. The molecule has 1 aliphatic rings. The van der Waals surface area contributed by atoms with Crippen LogP contribution in [0.5, 0.6) is 5.75 Å². The van der Waals surface area contributed by atoms with Gasteiger partial charge in [-0.15, -0.1) is 0 Å². The largest absolute Gasteiger partial charge is 0.481 e. The predicted octanol–water partition coefficient (Wildman–Crippen LogP) is 0.798. The summed E-state index contributed by atoms with van der Waals surface area (Å²) in [7, 11) is 1.36. The van der Waals surface area contributed by atoms with Gasteiger partial charge in [0.2, 0.25) is 5.91 Å². The third-order valence-electron chi connectivity index (χ3n) is 2.55. The first-order valence-corrected chi connectivity index (χ1v) is 7.72. The molecule has 1 unspecified atom stereocenters. The third kappa shape index (κ3) is 3.45. The van der Waals surface area contributed by atoms with E-state index in [0.29, 0.717) is 0 Å². The van der Waals surface area contributed by atoms with E-state index in [-0.39, 0.29) is 29.4 Å². The van der Waals surface area contributed by atoms with Crippen molar-refractivity contribution in [2.45, 2.75) is 23.8 Å². The van der Waals surface area contributed by atoms with Crippen LogP contribution in [0.4, 0.5) is 0 Å². The van der Waals surface area contributed by atoms with Gasteiger partial charge in [-0.05, 0) is 12.1 Å². The van der Waals surface area contributed by atoms with Crippen molar-refractivity contribution in [3.63, 3.8) is 0 Å². The Bertz CT molecular complexity index is 628. The minimum absolute atomic E-state index is 0.112. The average molecular weight is 304 g/mol. The smallest absolute Gasteiger partial charge is 0.267 e. The highest BCUT2D eigenvalue weighted by Gasteiger charge is 2.28. The lowest BCUT2D eigenvalue weighted by molar-refractivity contribution is -0.138. The highest BCUT2D eigenvalue weighted by atomic mass is 35.7. The maximum atomic E-state index is 11.5. The molecule has 1 aromatic carbocycles. The van der Waals surface area contributed by atoms with Gasteiger partial charge in [-0.25, -0.2) is 8.42 Å². The van der Waals surface area contributed by atoms with Gasteiger partial charge in [-0.2, -0.15) is 0 Å². The topological polar surface area (TPSA) is 89.5 Å². The first-order valence-electron chi connectivity index (χ1n) is 5.41. The second-order valence-corrected chi connectivity index (χ2v) is 6.54. The molecular formula is C11H10ClNO5S. The van der Waals surface area contributed by atoms with E-state index in [4.69, 9.17) is 15.4 Å². The predicted molar refractivity (Wildman–Crippen MR) is 66.3 cm³/mol. The van der Waals surface area contributed by atoms with Crippen molar-refractivity contribution in [2.75, 3.05) is 0 Å². The Balaban J connectivity index is 2.16. The Morgan fingerprint density at radius 1 is 1.32 bits per heavy atom. The molecule has 0 radical (unpaired) electrons. The fraction of sp³-hybridized carbons (Fsp3) is 0.273. The van der Waals surface area contributed by atoms with Gasteiger partial charge in [0.1, 0.15) is 5.75 Å². The maximum absolute atomic E-state index is 11.5. The SMILES string of the molecule is O=C1CCC(Oc2cccc(S(=O)(=O)Cl)c2)C(=O)N1. The normalized spacial score (nSPS) is 19.9. The molecule has 0 spiro atoms. The zero-order valence-electron chi connectivity index (χ0n) is 9.63. The molecule has 1 heterocycles. The van der Waals surface area contributed by atoms with Crippen molar-refractivity contribution in [2.24, 2.45) is 0 Å². The first kappa shape index (κ1) is 13.8. The molecule has 1 N–H and O–H groups in total. The van der Waals surface area contributed by atoms with Crippen LogP contribution in [0.15, 0.2) is 29.2 Å². The lowest BCUT2D eigenvalue weighted by atomic mass is 10.1. The van der Waals surface area contributed by atoms with E-state index < -0.39 is 21.1 Å². The number of carbonyl (C=O) groups is 2. The highest BCUT2D eigenvalue weighted by molar-refractivity contribution is 8.13. The van der Waals surface area contributed by atoms with Crippen LogP contribution >= 0.6 is 10.7 Å². The molecule has 1 aliphatic heterocycles. The Labute approximate surface area is 114 Å². The monoisotopic (exact) mass is 303 g/mol. The molecule has 102 valence electrons. The van der Waals surface area contributed by atoms with Crippen LogP contribution in [-0.4, -0.2) is 26.3 Å². The van der Waals surface area contributed by atoms with E-state index in [1.165, 1.54) is 24.3 Å². The number of hydrogen-bond donors (Lipinski definition) is 1. The zero-order valence-corrected chi connectivity index (χ0v) is 11.2. The fourth-order valence-corrected chi connectivity index (χ4v) is 2.44. The molecule has 2 rings (SSSR count). The van der Waals surface area contributed by atoms with Crippen molar-refractivity contribution in [1.29, 1.82) is 0 Å². The number of halogens is 1. The number of imide groups is 1. The van der Waals surface area contributed by atoms with E-state index in [1.54, 1.807) is 0 Å². The molecule has 0 aromatic heterocycles. The van der Waals surface area contributed by atoms with Crippen LogP contribution in [0.1, 0.15) is 12.8 Å². The Morgan fingerprint density at radius 3 is 2.68 bits per heavy atom. The number of amides is 2. The molecular weight excluding hydrogens is 294 g/mol. The highest BCUT2D eigenvalue weighted by Crippen LogP contribution is 2.22. The second kappa shape index (κ2) is 5.18. The van der Waals surface area contributed by atoms with Crippen molar-refractivity contribution in [3.05, 3.63) is 24.3 Å². The van der Waals surface area contributed by atoms with Crippen molar-refractivity contribution in [3.8, 4) is 5.75 Å². The van der Waals surface area contributed by atoms with E-state index in [0.717, 1.165) is 0 Å². The van der Waals surface area contributed by atoms with Gasteiger partial charge in [-0.1, -0.05) is 6.07 Å². The average Bonchev–Trinajstić information content (AvgIpc) is 2.32. The summed E-state index contributed by atoms with van der Waals surface area (Å²) in [5.41, 5.74) is 0. The number of ether oxygens (including phenoxy) is 1. The zero-order chi connectivity index (χ0) is 14.0. The quantitative estimate of drug-likeness (QED) is 0.659. The lowest BCUT2D eigenvalue weighted by Crippen LogP contribution is -2.46. The molecule has 0 saturated carbocycles. The number of hydrogen-bond acceptors (Lipinski definition) is 5. The van der Waals surface area contributed by atoms with Crippen LogP contribution in [0.3, 0.4) is 0 Å². The third-order valence-corrected chi connectivity index (χ3v) is 3.91. The Hall–Kier alpha value is -1.60. The lowest BCUT2D eigenvalue weighted by Gasteiger charge is -2.22. The second-order valence-electron chi connectivity index (χ2n) is 3.97. The summed E-state index contributed by atoms with van der Waals surface area (Å²) in [5, 5.41) is 2.15. The summed E-state index contributed by atoms with van der Waals surface area (Å²) in [6, 6.07) is 5.51. The van der Waals surface area contributed by atoms with Crippen LogP contribution in [0.2, 0.25) is 0 Å². The number of piperidine rings is 1. The fourth-order valence-electron chi connectivity index (χ4n) is 1.65. The molecule has 0 bridgehead atoms. The Morgan fingerprint density at radius 2 is 2.05 bits per heavy atom. The number of rotatable bonds is 3. The number of carbonyl (C=O) groups excluding carboxylic acids is 2. The summed E-state index contributed by atoms with van der Waals surface area (Å²) >= 11 is 0. The van der Waals surface area contributed by atoms with Crippen LogP contribution < -0.4 is 10.1 Å². The van der Waals surface area contributed by atoms with E-state index >= 15 is 0 Å². The molecule has 0 aliphatic carbocycles. The van der Waals surface area contributed by atoms with Gasteiger partial charge < -0.3 is 4.74 Å². The molecule has 2 amide bonds. The molecule has 1 saturated heterocycles. The van der Waals surface area contributed by atoms with Gasteiger partial charge >= 0.3 is 0 Å². The standard InChI is InChI=1S/C11H10ClNO5S/c12-19(16,17)8-3-1-2-7(6-8)18-9-4-5-10(14)13-11(9)15/h1-3,6,9H,4-5H2,(H,13,14,15). The minimum Gasteiger partial charge on any atom is -0.481 e. The summed E-state index contributed by atoms with van der Waals surface area (Å²) in [5.74, 6) is -0.673. The minimum atomic E-state index is -3.85. The van der Waals surface area contributed by atoms with Crippen LogP contribution in [0, 0.1) is 0 Å². The van der Waals surface area contributed by atoms with Gasteiger partial charge in [0.15, 0.2) is 6.10 Å². The van der Waals surface area contributed by atoms with Gasteiger partial charge in [0.05, 0.1) is 4.90 Å². The van der Waals surface area contributed by atoms with Crippen LogP contribution in [-0.2, 0) is 18.6 Å². The van der Waals surface area contributed by atoms with E-state index in [2.05, 4.69) is 5.32 Å². The van der Waals surface area contributed by atoms with E-state index in [1.807, 2.05) is 0 Å². The summed E-state index contributed by atoms with van der Waals surface area (Å²) < 4.78 is 27.7. The van der Waals surface area contributed by atoms with Crippen molar-refractivity contribution in [1.82, 2.24) is 5.32 Å². The number of nitrogens with one attached hydrogen (secondary N) is 1. The molecule has 1 aromatic rings. The van der Waals surface area contributed by atoms with Crippen LogP contribution in [0.25, 0.3) is 0 Å². The van der Waals surface area contributed by atoms with Crippen molar-refractivity contribution < 1.29 is 22.7 Å². The summed E-state index contributed by atoms with van der Waals surface area (Å²) in [4.78, 5) is 22.4. The maximum Gasteiger partial charge on any atom is 0.267 e. The molecule has 1 atom stereocenters. The van der Waals surface area contributed by atoms with E-state index in [9.17, 15) is 18.0 Å². The molecule has 8 heteroatoms. The van der Waals surface area contributed by atoms with Gasteiger partial charge in [0.25, 0.3) is 15.0 Å².